The van der Waals surface area contributed by atoms with Crippen molar-refractivity contribution in [2.24, 2.45) is 0 Å². The van der Waals surface area contributed by atoms with Crippen molar-refractivity contribution in [2.75, 3.05) is 19.0 Å². The van der Waals surface area contributed by atoms with Gasteiger partial charge in [-0.25, -0.2) is 18.4 Å². The molecule has 1 N–H and O–H groups in total. The van der Waals surface area contributed by atoms with Crippen molar-refractivity contribution in [1.82, 2.24) is 0 Å². The first-order chi connectivity index (χ1) is 12.9. The van der Waals surface area contributed by atoms with Crippen LogP contribution >= 0.6 is 0 Å². The molecule has 0 aromatic heterocycles. The fourth-order valence-electron chi connectivity index (χ4n) is 1.97. The van der Waals surface area contributed by atoms with Crippen LogP contribution in [0.5, 0.6) is 0 Å². The Bertz CT molecular complexity index is 878. The fraction of sp³-hybridized carbons (Fsp3) is 0.105. The second-order valence-corrected chi connectivity index (χ2v) is 5.23. The molecule has 2 rings (SSSR count). The van der Waals surface area contributed by atoms with Crippen LogP contribution in [0.15, 0.2) is 48.5 Å². The molecule has 2 aromatic carbocycles. The first-order valence-corrected chi connectivity index (χ1v) is 7.67. The van der Waals surface area contributed by atoms with Gasteiger partial charge in [0, 0.05) is 12.1 Å². The lowest BCUT2D eigenvalue weighted by Gasteiger charge is -2.06. The molecule has 0 atom stereocenters. The number of anilines is 1. The second kappa shape index (κ2) is 9.23. The van der Waals surface area contributed by atoms with E-state index >= 15 is 0 Å². The molecule has 0 saturated carbocycles. The number of nitrogens with one attached hydrogen (secondary N) is 1. The maximum Gasteiger partial charge on any atom is 0.337 e. The van der Waals surface area contributed by atoms with Crippen LogP contribution in [0, 0.1) is 11.6 Å². The average molecular weight is 375 g/mol. The Morgan fingerprint density at radius 1 is 1.07 bits per heavy atom. The van der Waals surface area contributed by atoms with Gasteiger partial charge in [-0.3, -0.25) is 4.79 Å². The van der Waals surface area contributed by atoms with Gasteiger partial charge in [-0.2, -0.15) is 0 Å². The largest absolute Gasteiger partial charge is 0.465 e. The highest BCUT2D eigenvalue weighted by Gasteiger charge is 2.10. The van der Waals surface area contributed by atoms with Crippen molar-refractivity contribution in [1.29, 1.82) is 0 Å². The van der Waals surface area contributed by atoms with E-state index in [1.165, 1.54) is 25.3 Å². The summed E-state index contributed by atoms with van der Waals surface area (Å²) < 4.78 is 35.5. The Morgan fingerprint density at radius 2 is 1.78 bits per heavy atom. The van der Waals surface area contributed by atoms with Crippen LogP contribution in [-0.2, 0) is 19.1 Å². The number of carbonyl (C=O) groups excluding carboxylic acids is 3. The highest BCUT2D eigenvalue weighted by molar-refractivity contribution is 5.95. The zero-order valence-electron chi connectivity index (χ0n) is 14.2. The van der Waals surface area contributed by atoms with Crippen LogP contribution in [0.25, 0.3) is 6.08 Å². The summed E-state index contributed by atoms with van der Waals surface area (Å²) in [5.41, 5.74) is 0.762. The number of halogens is 2. The van der Waals surface area contributed by atoms with Gasteiger partial charge in [-0.15, -0.1) is 0 Å². The second-order valence-electron chi connectivity index (χ2n) is 5.23. The first-order valence-electron chi connectivity index (χ1n) is 7.67. The van der Waals surface area contributed by atoms with Crippen molar-refractivity contribution < 1.29 is 32.6 Å². The number of rotatable bonds is 6. The summed E-state index contributed by atoms with van der Waals surface area (Å²) in [6, 6.07) is 8.92. The molecule has 0 aliphatic heterocycles. The molecule has 0 heterocycles. The fourth-order valence-corrected chi connectivity index (χ4v) is 1.97. The number of hydrogen-bond acceptors (Lipinski definition) is 5. The molecule has 140 valence electrons. The standard InChI is InChI=1S/C19H15F2NO5/c1-26-19(25)13-5-2-12(3-6-13)4-9-18(24)27-11-17(23)22-16-8-7-14(20)10-15(16)21/h2-10H,11H2,1H3,(H,22,23)/b9-4+. The normalized spacial score (nSPS) is 10.5. The van der Waals surface area contributed by atoms with Crippen molar-refractivity contribution in [2.45, 2.75) is 0 Å². The van der Waals surface area contributed by atoms with Crippen molar-refractivity contribution in [3.05, 3.63) is 71.3 Å². The van der Waals surface area contributed by atoms with Crippen molar-refractivity contribution >= 4 is 29.6 Å². The molecular formula is C19H15F2NO5. The van der Waals surface area contributed by atoms with E-state index in [0.717, 1.165) is 18.2 Å². The summed E-state index contributed by atoms with van der Waals surface area (Å²) in [7, 11) is 1.27. The first kappa shape index (κ1) is 19.8. The molecule has 0 saturated heterocycles. The Morgan fingerprint density at radius 3 is 2.41 bits per heavy atom. The summed E-state index contributed by atoms with van der Waals surface area (Å²) in [6.07, 6.45) is 2.53. The summed E-state index contributed by atoms with van der Waals surface area (Å²) in [6.45, 7) is -0.638. The SMILES string of the molecule is COC(=O)c1ccc(/C=C/C(=O)OCC(=O)Nc2ccc(F)cc2F)cc1. The molecule has 6 nitrogen and oxygen atoms in total. The molecule has 0 fully saturated rings. The van der Waals surface area contributed by atoms with E-state index in [9.17, 15) is 23.2 Å². The quantitative estimate of drug-likeness (QED) is 0.620. The Hall–Kier alpha value is -3.55. The molecule has 27 heavy (non-hydrogen) atoms. The maximum absolute atomic E-state index is 13.4. The molecule has 1 amide bonds. The van der Waals surface area contributed by atoms with Crippen LogP contribution in [0.1, 0.15) is 15.9 Å². The third kappa shape index (κ3) is 6.03. The number of amides is 1. The Labute approximate surface area is 153 Å². The monoisotopic (exact) mass is 375 g/mol. The van der Waals surface area contributed by atoms with Gasteiger partial charge in [-0.05, 0) is 35.9 Å². The van der Waals surface area contributed by atoms with E-state index < -0.39 is 36.1 Å². The molecule has 8 heteroatoms. The van der Waals surface area contributed by atoms with Gasteiger partial charge < -0.3 is 14.8 Å². The number of hydrogen-bond donors (Lipinski definition) is 1. The van der Waals surface area contributed by atoms with Gasteiger partial charge in [0.05, 0.1) is 18.4 Å². The van der Waals surface area contributed by atoms with Gasteiger partial charge in [-0.1, -0.05) is 12.1 Å². The molecule has 0 aliphatic carbocycles. The number of carbonyl (C=O) groups is 3. The predicted molar refractivity (Wildman–Crippen MR) is 92.8 cm³/mol. The molecule has 0 radical (unpaired) electrons. The van der Waals surface area contributed by atoms with Crippen LogP contribution in [0.3, 0.4) is 0 Å². The summed E-state index contributed by atoms with van der Waals surface area (Å²) in [4.78, 5) is 34.6. The highest BCUT2D eigenvalue weighted by atomic mass is 19.1. The smallest absolute Gasteiger partial charge is 0.337 e. The van der Waals surface area contributed by atoms with Crippen LogP contribution in [0.2, 0.25) is 0 Å². The van der Waals surface area contributed by atoms with Crippen molar-refractivity contribution in [3.63, 3.8) is 0 Å². The molecule has 0 aliphatic rings. The van der Waals surface area contributed by atoms with Crippen LogP contribution in [0.4, 0.5) is 14.5 Å². The van der Waals surface area contributed by atoms with Gasteiger partial charge in [0.1, 0.15) is 11.6 Å². The summed E-state index contributed by atoms with van der Waals surface area (Å²) in [5.74, 6) is -3.76. The van der Waals surface area contributed by atoms with Gasteiger partial charge >= 0.3 is 11.9 Å². The Kier molecular flexibility index (Phi) is 6.76. The van der Waals surface area contributed by atoms with E-state index in [2.05, 4.69) is 10.1 Å². The van der Waals surface area contributed by atoms with E-state index in [-0.39, 0.29) is 5.69 Å². The van der Waals surface area contributed by atoms with Gasteiger partial charge in [0.15, 0.2) is 6.61 Å². The van der Waals surface area contributed by atoms with Crippen molar-refractivity contribution in [3.8, 4) is 0 Å². The van der Waals surface area contributed by atoms with E-state index in [1.807, 2.05) is 0 Å². The molecule has 0 bridgehead atoms. The lowest BCUT2D eigenvalue weighted by Crippen LogP contribution is -2.20. The molecule has 0 spiro atoms. The molecular weight excluding hydrogens is 360 g/mol. The average Bonchev–Trinajstić information content (AvgIpc) is 2.66. The third-order valence-electron chi connectivity index (χ3n) is 3.29. The zero-order chi connectivity index (χ0) is 19.8. The predicted octanol–water partition coefficient (Wildman–Crippen LogP) is 2.95. The number of esters is 2. The number of methoxy groups -OCH3 is 1. The molecule has 0 unspecified atom stereocenters. The summed E-state index contributed by atoms with van der Waals surface area (Å²) >= 11 is 0. The van der Waals surface area contributed by atoms with E-state index in [0.29, 0.717) is 17.2 Å². The summed E-state index contributed by atoms with van der Waals surface area (Å²) in [5, 5.41) is 2.16. The topological polar surface area (TPSA) is 81.7 Å². The number of benzene rings is 2. The van der Waals surface area contributed by atoms with Crippen LogP contribution in [-0.4, -0.2) is 31.6 Å². The minimum absolute atomic E-state index is 0.223. The lowest BCUT2D eigenvalue weighted by atomic mass is 10.1. The zero-order valence-corrected chi connectivity index (χ0v) is 14.2. The van der Waals surface area contributed by atoms with Gasteiger partial charge in [0.2, 0.25) is 0 Å². The van der Waals surface area contributed by atoms with E-state index in [4.69, 9.17) is 4.74 Å². The van der Waals surface area contributed by atoms with Crippen LogP contribution < -0.4 is 5.32 Å². The van der Waals surface area contributed by atoms with E-state index in [1.54, 1.807) is 12.1 Å². The maximum atomic E-state index is 13.4. The third-order valence-corrected chi connectivity index (χ3v) is 3.29. The lowest BCUT2D eigenvalue weighted by molar-refractivity contribution is -0.142. The highest BCUT2D eigenvalue weighted by Crippen LogP contribution is 2.14. The van der Waals surface area contributed by atoms with Gasteiger partial charge in [0.25, 0.3) is 5.91 Å². The number of ether oxygens (including phenoxy) is 2. The minimum atomic E-state index is -0.940. The Balaban J connectivity index is 1.83. The minimum Gasteiger partial charge on any atom is -0.465 e. The molecule has 2 aromatic rings.